The monoisotopic (exact) mass is 362 g/mol. The Morgan fingerprint density at radius 3 is 2.62 bits per heavy atom. The van der Waals surface area contributed by atoms with E-state index in [0.717, 1.165) is 57.5 Å². The van der Waals surface area contributed by atoms with Crippen LogP contribution in [0.2, 0.25) is 0 Å². The number of nitrogens with zero attached hydrogens (tertiary/aromatic N) is 5. The first-order valence-electron chi connectivity index (χ1n) is 9.59. The number of nitrogen functional groups attached to an aromatic ring is 1. The molecule has 3 heterocycles. The molecule has 2 aliphatic rings. The van der Waals surface area contributed by atoms with Gasteiger partial charge in [0.2, 0.25) is 5.91 Å². The molecule has 0 aromatic carbocycles. The highest BCUT2D eigenvalue weighted by atomic mass is 16.5. The number of carbonyl (C=O) groups is 1. The van der Waals surface area contributed by atoms with Crippen molar-refractivity contribution in [3.8, 4) is 6.01 Å². The molecule has 1 fully saturated rings. The predicted molar refractivity (Wildman–Crippen MR) is 101 cm³/mol. The van der Waals surface area contributed by atoms with Crippen LogP contribution < -0.4 is 15.4 Å². The van der Waals surface area contributed by atoms with Crippen molar-refractivity contribution in [3.63, 3.8) is 0 Å². The average molecular weight is 362 g/mol. The molecule has 0 unspecified atom stereocenters. The van der Waals surface area contributed by atoms with E-state index in [2.05, 4.69) is 33.7 Å². The second-order valence-corrected chi connectivity index (χ2v) is 7.12. The molecular weight excluding hydrogens is 332 g/mol. The van der Waals surface area contributed by atoms with Gasteiger partial charge in [-0.3, -0.25) is 9.69 Å². The number of likely N-dealkylation sites (N-methyl/N-ethyl adjacent to an activating group) is 1. The highest BCUT2D eigenvalue weighted by Crippen LogP contribution is 2.32. The summed E-state index contributed by atoms with van der Waals surface area (Å²) in [7, 11) is 2.15. The van der Waals surface area contributed by atoms with Crippen molar-refractivity contribution in [1.29, 1.82) is 0 Å². The number of hydrogen-bond donors (Lipinski definition) is 1. The van der Waals surface area contributed by atoms with Crippen molar-refractivity contribution in [2.24, 2.45) is 0 Å². The second kappa shape index (κ2) is 8.64. The van der Waals surface area contributed by atoms with E-state index in [-0.39, 0.29) is 18.3 Å². The molecule has 0 spiro atoms. The summed E-state index contributed by atoms with van der Waals surface area (Å²) in [4.78, 5) is 27.6. The quantitative estimate of drug-likeness (QED) is 0.683. The summed E-state index contributed by atoms with van der Waals surface area (Å²) >= 11 is 0. The fraction of sp³-hybridized carbons (Fsp3) is 0.722. The van der Waals surface area contributed by atoms with Gasteiger partial charge in [0.05, 0.1) is 13.0 Å². The first kappa shape index (κ1) is 18.8. The van der Waals surface area contributed by atoms with Gasteiger partial charge >= 0.3 is 6.01 Å². The number of anilines is 2. The number of rotatable bonds is 8. The van der Waals surface area contributed by atoms with Crippen LogP contribution in [-0.4, -0.2) is 78.6 Å². The van der Waals surface area contributed by atoms with Gasteiger partial charge in [0.25, 0.3) is 0 Å². The number of carbonyl (C=O) groups excluding carboxylic acids is 1. The van der Waals surface area contributed by atoms with Crippen LogP contribution in [0, 0.1) is 0 Å². The van der Waals surface area contributed by atoms with Gasteiger partial charge in [-0.15, -0.1) is 0 Å². The number of unbranched alkanes of at least 4 members (excludes halogenated alkanes) is 1. The van der Waals surface area contributed by atoms with Gasteiger partial charge in [-0.25, -0.2) is 0 Å². The molecule has 0 aliphatic carbocycles. The Morgan fingerprint density at radius 1 is 1.12 bits per heavy atom. The molecule has 1 aromatic heterocycles. The molecule has 1 aromatic rings. The standard InChI is InChI=1S/C18H30N6O2/c1-3-4-12-26-18-20-16(19)14-13-15(25)24(17(14)21-18)7-5-6-23-10-8-22(2)9-11-23/h3-13H2,1-2H3,(H2,19,20,21). The summed E-state index contributed by atoms with van der Waals surface area (Å²) in [6, 6.07) is 0.272. The predicted octanol–water partition coefficient (Wildman–Crippen LogP) is 0.764. The van der Waals surface area contributed by atoms with E-state index in [0.29, 0.717) is 24.8 Å². The molecule has 0 atom stereocenters. The van der Waals surface area contributed by atoms with Crippen molar-refractivity contribution in [2.75, 3.05) is 63.6 Å². The van der Waals surface area contributed by atoms with Gasteiger partial charge in [-0.2, -0.15) is 9.97 Å². The maximum absolute atomic E-state index is 12.4. The number of hydrogen-bond acceptors (Lipinski definition) is 7. The molecule has 2 aliphatic heterocycles. The zero-order chi connectivity index (χ0) is 18.5. The van der Waals surface area contributed by atoms with Crippen LogP contribution in [0.5, 0.6) is 6.01 Å². The van der Waals surface area contributed by atoms with Gasteiger partial charge in [-0.1, -0.05) is 13.3 Å². The SMILES string of the molecule is CCCCOc1nc(N)c2c(n1)N(CCCN1CCN(C)CC1)C(=O)C2. The largest absolute Gasteiger partial charge is 0.463 e. The number of amides is 1. The van der Waals surface area contributed by atoms with Gasteiger partial charge in [-0.05, 0) is 26.4 Å². The van der Waals surface area contributed by atoms with Crippen molar-refractivity contribution in [2.45, 2.75) is 32.6 Å². The fourth-order valence-corrected chi connectivity index (χ4v) is 3.35. The normalized spacial score (nSPS) is 18.4. The topological polar surface area (TPSA) is 87.8 Å². The van der Waals surface area contributed by atoms with Crippen LogP contribution in [0.15, 0.2) is 0 Å². The molecular formula is C18H30N6O2. The Morgan fingerprint density at radius 2 is 1.88 bits per heavy atom. The van der Waals surface area contributed by atoms with E-state index >= 15 is 0 Å². The van der Waals surface area contributed by atoms with Crippen molar-refractivity contribution in [1.82, 2.24) is 19.8 Å². The molecule has 1 amide bonds. The zero-order valence-electron chi connectivity index (χ0n) is 15.9. The van der Waals surface area contributed by atoms with Gasteiger partial charge < -0.3 is 20.3 Å². The Labute approximate surface area is 155 Å². The summed E-state index contributed by atoms with van der Waals surface area (Å²) in [6.07, 6.45) is 3.18. The lowest BCUT2D eigenvalue weighted by molar-refractivity contribution is -0.117. The van der Waals surface area contributed by atoms with Crippen LogP contribution in [0.25, 0.3) is 0 Å². The summed E-state index contributed by atoms with van der Waals surface area (Å²) < 4.78 is 5.59. The third-order valence-corrected chi connectivity index (χ3v) is 5.06. The lowest BCUT2D eigenvalue weighted by Crippen LogP contribution is -2.45. The molecule has 0 saturated carbocycles. The Hall–Kier alpha value is -1.93. The Bertz CT molecular complexity index is 630. The Kier molecular flexibility index (Phi) is 6.26. The minimum atomic E-state index is 0.0464. The van der Waals surface area contributed by atoms with E-state index in [1.807, 2.05) is 0 Å². The first-order chi connectivity index (χ1) is 12.6. The molecule has 1 saturated heterocycles. The molecule has 8 heteroatoms. The molecule has 26 heavy (non-hydrogen) atoms. The van der Waals surface area contributed by atoms with Crippen molar-refractivity contribution in [3.05, 3.63) is 5.56 Å². The average Bonchev–Trinajstić information content (AvgIpc) is 2.94. The third-order valence-electron chi connectivity index (χ3n) is 5.06. The lowest BCUT2D eigenvalue weighted by atomic mass is 10.2. The highest BCUT2D eigenvalue weighted by molar-refractivity contribution is 6.01. The maximum Gasteiger partial charge on any atom is 0.320 e. The van der Waals surface area contributed by atoms with Crippen LogP contribution in [-0.2, 0) is 11.2 Å². The highest BCUT2D eigenvalue weighted by Gasteiger charge is 2.32. The number of ether oxygens (including phenoxy) is 1. The van der Waals surface area contributed by atoms with E-state index < -0.39 is 0 Å². The summed E-state index contributed by atoms with van der Waals surface area (Å²) in [5, 5.41) is 0. The minimum absolute atomic E-state index is 0.0464. The van der Waals surface area contributed by atoms with E-state index in [9.17, 15) is 4.79 Å². The van der Waals surface area contributed by atoms with Gasteiger partial charge in [0, 0.05) is 38.3 Å². The van der Waals surface area contributed by atoms with Crippen LogP contribution in [0.1, 0.15) is 31.7 Å². The number of fused-ring (bicyclic) bond motifs is 1. The molecule has 0 bridgehead atoms. The summed E-state index contributed by atoms with van der Waals surface area (Å²) in [5.74, 6) is 1.04. The maximum atomic E-state index is 12.4. The molecule has 2 N–H and O–H groups in total. The first-order valence-corrected chi connectivity index (χ1v) is 9.59. The van der Waals surface area contributed by atoms with Crippen LogP contribution >= 0.6 is 0 Å². The van der Waals surface area contributed by atoms with Crippen LogP contribution in [0.4, 0.5) is 11.6 Å². The van der Waals surface area contributed by atoms with Crippen molar-refractivity contribution >= 4 is 17.5 Å². The van der Waals surface area contributed by atoms with E-state index in [1.54, 1.807) is 4.90 Å². The van der Waals surface area contributed by atoms with Crippen LogP contribution in [0.3, 0.4) is 0 Å². The number of nitrogens with two attached hydrogens (primary N) is 1. The molecule has 3 rings (SSSR count). The third kappa shape index (κ3) is 4.42. The lowest BCUT2D eigenvalue weighted by Gasteiger charge is -2.32. The summed E-state index contributed by atoms with van der Waals surface area (Å²) in [5.41, 5.74) is 6.77. The molecule has 144 valence electrons. The van der Waals surface area contributed by atoms with Gasteiger partial charge in [0.15, 0.2) is 0 Å². The summed E-state index contributed by atoms with van der Waals surface area (Å²) in [6.45, 7) is 8.70. The molecule has 8 nitrogen and oxygen atoms in total. The Balaban J connectivity index is 1.59. The molecule has 0 radical (unpaired) electrons. The minimum Gasteiger partial charge on any atom is -0.463 e. The van der Waals surface area contributed by atoms with Crippen molar-refractivity contribution < 1.29 is 9.53 Å². The smallest absolute Gasteiger partial charge is 0.320 e. The van der Waals surface area contributed by atoms with Gasteiger partial charge in [0.1, 0.15) is 11.6 Å². The number of piperazine rings is 1. The number of aromatic nitrogens is 2. The van der Waals surface area contributed by atoms with E-state index in [4.69, 9.17) is 10.5 Å². The zero-order valence-corrected chi connectivity index (χ0v) is 15.9. The fourth-order valence-electron chi connectivity index (χ4n) is 3.35. The second-order valence-electron chi connectivity index (χ2n) is 7.12. The van der Waals surface area contributed by atoms with E-state index in [1.165, 1.54) is 0 Å².